The van der Waals surface area contributed by atoms with Gasteiger partial charge in [-0.3, -0.25) is 14.9 Å². The van der Waals surface area contributed by atoms with E-state index in [1.165, 1.54) is 12.1 Å². The lowest BCUT2D eigenvalue weighted by Crippen LogP contribution is -2.29. The van der Waals surface area contributed by atoms with E-state index in [0.717, 1.165) is 5.56 Å². The third-order valence-corrected chi connectivity index (χ3v) is 5.18. The molecule has 1 spiro atoms. The average Bonchev–Trinajstić information content (AvgIpc) is 2.86. The molecule has 0 aromatic heterocycles. The molecule has 4 rings (SSSR count). The minimum Gasteiger partial charge on any atom is -0.477 e. The monoisotopic (exact) mass is 309 g/mol. The molecule has 1 saturated carbocycles. The van der Waals surface area contributed by atoms with Gasteiger partial charge in [0.15, 0.2) is 5.60 Å². The Hall–Kier alpha value is -2.69. The predicted molar refractivity (Wildman–Crippen MR) is 83.7 cm³/mol. The highest BCUT2D eigenvalue weighted by Gasteiger charge is 2.80. The lowest BCUT2D eigenvalue weighted by atomic mass is 10.0. The number of carbonyl (C=O) groups excluding carboxylic acids is 1. The van der Waals surface area contributed by atoms with Crippen LogP contribution < -0.4 is 4.74 Å². The number of para-hydroxylation sites is 1. The van der Waals surface area contributed by atoms with Crippen LogP contribution in [0.1, 0.15) is 35.7 Å². The van der Waals surface area contributed by atoms with Gasteiger partial charge in [0, 0.05) is 23.5 Å². The highest BCUT2D eigenvalue weighted by Crippen LogP contribution is 2.72. The molecule has 1 heterocycles. The Kier molecular flexibility index (Phi) is 2.54. The van der Waals surface area contributed by atoms with Crippen LogP contribution in [-0.4, -0.2) is 16.3 Å². The minimum absolute atomic E-state index is 0.00135. The van der Waals surface area contributed by atoms with Gasteiger partial charge in [0.1, 0.15) is 5.75 Å². The van der Waals surface area contributed by atoms with Gasteiger partial charge in [-0.05, 0) is 17.7 Å². The van der Waals surface area contributed by atoms with Gasteiger partial charge in [-0.2, -0.15) is 0 Å². The second-order valence-electron chi connectivity index (χ2n) is 6.67. The summed E-state index contributed by atoms with van der Waals surface area (Å²) >= 11 is 0. The van der Waals surface area contributed by atoms with Crippen LogP contribution in [0, 0.1) is 15.5 Å². The molecule has 0 N–H and O–H groups in total. The van der Waals surface area contributed by atoms with Gasteiger partial charge in [0.05, 0.1) is 10.5 Å². The summed E-state index contributed by atoms with van der Waals surface area (Å²) in [6.45, 7) is 4.01. The Labute approximate surface area is 133 Å². The lowest BCUT2D eigenvalue weighted by molar-refractivity contribution is -0.384. The standard InChI is InChI=1S/C18H15NO4/c1-17(2)15(11-7-9-12(10-8-11)19(21)22)18(17)16(20)13-5-3-4-6-14(13)23-18/h3-10,15H,1-2H3/t15-,18+/m0/s1. The molecule has 23 heavy (non-hydrogen) atoms. The molecule has 1 aliphatic heterocycles. The summed E-state index contributed by atoms with van der Waals surface area (Å²) in [6, 6.07) is 13.7. The van der Waals surface area contributed by atoms with E-state index in [1.807, 2.05) is 32.0 Å². The topological polar surface area (TPSA) is 69.4 Å². The molecule has 0 saturated heterocycles. The highest BCUT2D eigenvalue weighted by atomic mass is 16.6. The van der Waals surface area contributed by atoms with Crippen molar-refractivity contribution < 1.29 is 14.5 Å². The number of ketones is 1. The summed E-state index contributed by atoms with van der Waals surface area (Å²) in [5.41, 5.74) is 0.293. The van der Waals surface area contributed by atoms with Crippen molar-refractivity contribution in [2.24, 2.45) is 5.41 Å². The van der Waals surface area contributed by atoms with Crippen LogP contribution in [0.15, 0.2) is 48.5 Å². The second kappa shape index (κ2) is 4.19. The fourth-order valence-corrected chi connectivity index (χ4v) is 3.94. The van der Waals surface area contributed by atoms with E-state index >= 15 is 0 Å². The van der Waals surface area contributed by atoms with Gasteiger partial charge < -0.3 is 4.74 Å². The molecule has 2 aliphatic rings. The number of nitro groups is 1. The van der Waals surface area contributed by atoms with Crippen LogP contribution in [0.25, 0.3) is 0 Å². The molecule has 0 radical (unpaired) electrons. The third-order valence-electron chi connectivity index (χ3n) is 5.18. The maximum absolute atomic E-state index is 12.9. The summed E-state index contributed by atoms with van der Waals surface area (Å²) in [6.07, 6.45) is 0. The number of hydrogen-bond acceptors (Lipinski definition) is 4. The quantitative estimate of drug-likeness (QED) is 0.626. The molecule has 5 nitrogen and oxygen atoms in total. The number of nitro benzene ring substituents is 1. The first-order valence-corrected chi connectivity index (χ1v) is 7.47. The van der Waals surface area contributed by atoms with Gasteiger partial charge in [-0.15, -0.1) is 0 Å². The lowest BCUT2D eigenvalue weighted by Gasteiger charge is -2.12. The van der Waals surface area contributed by atoms with Crippen LogP contribution in [-0.2, 0) is 0 Å². The van der Waals surface area contributed by atoms with Crippen molar-refractivity contribution in [1.82, 2.24) is 0 Å². The van der Waals surface area contributed by atoms with Crippen LogP contribution in [0.4, 0.5) is 5.69 Å². The maximum atomic E-state index is 12.9. The zero-order valence-corrected chi connectivity index (χ0v) is 12.8. The molecule has 5 heteroatoms. The maximum Gasteiger partial charge on any atom is 0.269 e. The first kappa shape index (κ1) is 13.9. The average molecular weight is 309 g/mol. The molecule has 2 aromatic rings. The molecule has 1 aliphatic carbocycles. The number of ether oxygens (including phenoxy) is 1. The summed E-state index contributed by atoms with van der Waals surface area (Å²) in [5, 5.41) is 10.8. The first-order valence-electron chi connectivity index (χ1n) is 7.47. The van der Waals surface area contributed by atoms with Crippen molar-refractivity contribution in [2.45, 2.75) is 25.4 Å². The fourth-order valence-electron chi connectivity index (χ4n) is 3.94. The van der Waals surface area contributed by atoms with Crippen LogP contribution >= 0.6 is 0 Å². The number of carbonyl (C=O) groups is 1. The van der Waals surface area contributed by atoms with Gasteiger partial charge in [-0.25, -0.2) is 0 Å². The molecule has 1 fully saturated rings. The Balaban J connectivity index is 1.75. The third kappa shape index (κ3) is 1.59. The van der Waals surface area contributed by atoms with Crippen LogP contribution in [0.3, 0.4) is 0 Å². The summed E-state index contributed by atoms with van der Waals surface area (Å²) in [4.78, 5) is 23.3. The molecule has 0 amide bonds. The summed E-state index contributed by atoms with van der Waals surface area (Å²) < 4.78 is 6.09. The summed E-state index contributed by atoms with van der Waals surface area (Å²) in [5.74, 6) is 0.507. The Morgan fingerprint density at radius 2 is 1.74 bits per heavy atom. The van der Waals surface area contributed by atoms with E-state index in [4.69, 9.17) is 4.74 Å². The number of rotatable bonds is 2. The fraction of sp³-hybridized carbons (Fsp3) is 0.278. The molecule has 116 valence electrons. The Morgan fingerprint density at radius 3 is 2.35 bits per heavy atom. The number of hydrogen-bond donors (Lipinski definition) is 0. The molecule has 0 bridgehead atoms. The summed E-state index contributed by atoms with van der Waals surface area (Å²) in [7, 11) is 0. The highest BCUT2D eigenvalue weighted by molar-refractivity contribution is 6.11. The zero-order valence-electron chi connectivity index (χ0n) is 12.8. The van der Waals surface area contributed by atoms with Gasteiger partial charge in [-0.1, -0.05) is 38.1 Å². The van der Waals surface area contributed by atoms with E-state index < -0.39 is 10.5 Å². The SMILES string of the molecule is CC1(C)[C@H](c2ccc([N+](=O)[O-])cc2)[C@]12Oc1ccccc1C2=O. The van der Waals surface area contributed by atoms with Crippen molar-refractivity contribution in [3.63, 3.8) is 0 Å². The Bertz CT molecular complexity index is 840. The molecule has 2 atom stereocenters. The van der Waals surface area contributed by atoms with Crippen molar-refractivity contribution in [1.29, 1.82) is 0 Å². The number of non-ortho nitro benzene ring substituents is 1. The molecule has 0 unspecified atom stereocenters. The van der Waals surface area contributed by atoms with Crippen molar-refractivity contribution in [3.05, 3.63) is 69.8 Å². The van der Waals surface area contributed by atoms with Crippen LogP contribution in [0.2, 0.25) is 0 Å². The van der Waals surface area contributed by atoms with Crippen LogP contribution in [0.5, 0.6) is 5.75 Å². The number of nitrogens with zero attached hydrogens (tertiary/aromatic N) is 1. The van der Waals surface area contributed by atoms with Crippen molar-refractivity contribution >= 4 is 11.5 Å². The van der Waals surface area contributed by atoms with E-state index in [9.17, 15) is 14.9 Å². The number of Topliss-reactive ketones (excluding diaryl/α,β-unsaturated/α-hetero) is 1. The smallest absolute Gasteiger partial charge is 0.269 e. The van der Waals surface area contributed by atoms with Gasteiger partial charge >= 0.3 is 0 Å². The minimum atomic E-state index is -0.896. The van der Waals surface area contributed by atoms with E-state index in [-0.39, 0.29) is 22.8 Å². The first-order chi connectivity index (χ1) is 10.9. The Morgan fingerprint density at radius 1 is 1.09 bits per heavy atom. The second-order valence-corrected chi connectivity index (χ2v) is 6.67. The molecular formula is C18H15NO4. The van der Waals surface area contributed by atoms with E-state index in [0.29, 0.717) is 11.3 Å². The number of fused-ring (bicyclic) bond motifs is 1. The predicted octanol–water partition coefficient (Wildman–Crippen LogP) is 3.73. The largest absolute Gasteiger partial charge is 0.477 e. The van der Waals surface area contributed by atoms with E-state index in [1.54, 1.807) is 18.2 Å². The normalized spacial score (nSPS) is 26.7. The molecule has 2 aromatic carbocycles. The zero-order chi connectivity index (χ0) is 16.4. The van der Waals surface area contributed by atoms with E-state index in [2.05, 4.69) is 0 Å². The molecular weight excluding hydrogens is 294 g/mol. The van der Waals surface area contributed by atoms with Crippen molar-refractivity contribution in [3.8, 4) is 5.75 Å². The van der Waals surface area contributed by atoms with Gasteiger partial charge in [0.2, 0.25) is 5.78 Å². The van der Waals surface area contributed by atoms with Gasteiger partial charge in [0.25, 0.3) is 5.69 Å². The number of benzene rings is 2. The van der Waals surface area contributed by atoms with Crippen molar-refractivity contribution in [2.75, 3.05) is 0 Å².